The molecule has 0 heterocycles. The third kappa shape index (κ3) is 1.90. The molecule has 5 heteroatoms. The first-order valence-corrected chi connectivity index (χ1v) is 3.94. The van der Waals surface area contributed by atoms with Gasteiger partial charge in [0.15, 0.2) is 0 Å². The molecule has 0 saturated heterocycles. The fourth-order valence-electron chi connectivity index (χ4n) is 1.01. The molecule has 0 unspecified atom stereocenters. The van der Waals surface area contributed by atoms with Gasteiger partial charge in [-0.25, -0.2) is 4.79 Å². The molecule has 0 aromatic heterocycles. The van der Waals surface area contributed by atoms with Crippen LogP contribution >= 0.6 is 0 Å². The van der Waals surface area contributed by atoms with Gasteiger partial charge in [-0.05, 0) is 5.56 Å². The molecule has 2 atom stereocenters. The predicted octanol–water partition coefficient (Wildman–Crippen LogP) is -0.548. The summed E-state index contributed by atoms with van der Waals surface area (Å²) in [5.74, 6) is -1.67. The van der Waals surface area contributed by atoms with E-state index in [4.69, 9.17) is 10.8 Å². The van der Waals surface area contributed by atoms with Crippen LogP contribution in [0, 0.1) is 0 Å². The van der Waals surface area contributed by atoms with Gasteiger partial charge in [0.1, 0.15) is 6.10 Å². The molecule has 14 heavy (non-hydrogen) atoms. The molecule has 76 valence electrons. The lowest BCUT2D eigenvalue weighted by Crippen LogP contribution is -2.52. The Morgan fingerprint density at radius 1 is 1.36 bits per heavy atom. The molecule has 0 radical (unpaired) electrons. The summed E-state index contributed by atoms with van der Waals surface area (Å²) in [5.41, 5.74) is 2.63. The number of hydrogen-bond donors (Lipinski definition) is 4. The van der Waals surface area contributed by atoms with Crippen LogP contribution < -0.4 is 5.73 Å². The van der Waals surface area contributed by atoms with Crippen molar-refractivity contribution in [1.29, 1.82) is 0 Å². The van der Waals surface area contributed by atoms with Crippen LogP contribution in [-0.2, 0) is 4.79 Å². The maximum Gasteiger partial charge on any atom is 0.354 e. The van der Waals surface area contributed by atoms with Crippen LogP contribution in [-0.4, -0.2) is 27.0 Å². The van der Waals surface area contributed by atoms with Crippen molar-refractivity contribution < 1.29 is 20.1 Å². The lowest BCUT2D eigenvalue weighted by Gasteiger charge is -2.24. The van der Waals surface area contributed by atoms with Crippen LogP contribution in [0.2, 0.25) is 0 Å². The Morgan fingerprint density at radius 2 is 1.86 bits per heavy atom. The van der Waals surface area contributed by atoms with Gasteiger partial charge in [-0.1, -0.05) is 30.3 Å². The van der Waals surface area contributed by atoms with Crippen LogP contribution in [0.3, 0.4) is 0 Å². The molecular formula is C9H11NO4. The van der Waals surface area contributed by atoms with Gasteiger partial charge in [0.25, 0.3) is 0 Å². The summed E-state index contributed by atoms with van der Waals surface area (Å²) in [5, 5.41) is 27.2. The summed E-state index contributed by atoms with van der Waals surface area (Å²) in [6, 6.07) is 7.87. The van der Waals surface area contributed by atoms with E-state index >= 15 is 0 Å². The average Bonchev–Trinajstić information content (AvgIpc) is 2.17. The molecule has 1 aromatic carbocycles. The van der Waals surface area contributed by atoms with Gasteiger partial charge in [0, 0.05) is 0 Å². The number of aliphatic carboxylic acids is 1. The molecule has 0 aliphatic carbocycles. The standard InChI is InChI=1S/C9H11NO4/c10-9(14,8(12)13)7(11)6-4-2-1-3-5-6/h1-5,7,11,14H,10H2,(H,12,13)/t7-,9-/m1/s1. The van der Waals surface area contributed by atoms with Crippen LogP contribution in [0.4, 0.5) is 0 Å². The fourth-order valence-corrected chi connectivity index (χ4v) is 1.01. The molecule has 0 saturated carbocycles. The van der Waals surface area contributed by atoms with E-state index < -0.39 is 17.8 Å². The smallest absolute Gasteiger partial charge is 0.354 e. The highest BCUT2D eigenvalue weighted by Crippen LogP contribution is 2.21. The Morgan fingerprint density at radius 3 is 2.29 bits per heavy atom. The van der Waals surface area contributed by atoms with E-state index in [-0.39, 0.29) is 5.56 Å². The van der Waals surface area contributed by atoms with Crippen molar-refractivity contribution >= 4 is 5.97 Å². The van der Waals surface area contributed by atoms with Gasteiger partial charge in [-0.2, -0.15) is 0 Å². The number of carbonyl (C=O) groups is 1. The monoisotopic (exact) mass is 197 g/mol. The number of benzene rings is 1. The van der Waals surface area contributed by atoms with E-state index in [9.17, 15) is 15.0 Å². The van der Waals surface area contributed by atoms with Gasteiger partial charge in [0.05, 0.1) is 0 Å². The van der Waals surface area contributed by atoms with Gasteiger partial charge in [-0.3, -0.25) is 5.73 Å². The Hall–Kier alpha value is -1.43. The van der Waals surface area contributed by atoms with Crippen molar-refractivity contribution in [3.05, 3.63) is 35.9 Å². The first-order valence-electron chi connectivity index (χ1n) is 3.94. The largest absolute Gasteiger partial charge is 0.478 e. The van der Waals surface area contributed by atoms with Gasteiger partial charge in [0.2, 0.25) is 5.72 Å². The van der Waals surface area contributed by atoms with E-state index in [1.807, 2.05) is 0 Å². The number of aliphatic hydroxyl groups excluding tert-OH is 1. The lowest BCUT2D eigenvalue weighted by molar-refractivity contribution is -0.171. The zero-order valence-electron chi connectivity index (χ0n) is 7.29. The average molecular weight is 197 g/mol. The van der Waals surface area contributed by atoms with Crippen molar-refractivity contribution in [3.8, 4) is 0 Å². The van der Waals surface area contributed by atoms with E-state index in [0.29, 0.717) is 0 Å². The number of aliphatic hydroxyl groups is 2. The molecule has 1 aromatic rings. The van der Waals surface area contributed by atoms with Crippen molar-refractivity contribution in [2.24, 2.45) is 5.73 Å². The molecule has 0 spiro atoms. The zero-order chi connectivity index (χ0) is 10.8. The minimum absolute atomic E-state index is 0.250. The summed E-state index contributed by atoms with van der Waals surface area (Å²) in [7, 11) is 0. The molecule has 0 aliphatic heterocycles. The summed E-state index contributed by atoms with van der Waals surface area (Å²) in [4.78, 5) is 10.5. The SMILES string of the molecule is N[C@](O)(C(=O)O)[C@H](O)c1ccccc1. The number of carboxylic acids is 1. The molecule has 0 aliphatic rings. The minimum Gasteiger partial charge on any atom is -0.478 e. The first-order chi connectivity index (χ1) is 6.46. The molecule has 5 N–H and O–H groups in total. The maximum absolute atomic E-state index is 10.5. The highest BCUT2D eigenvalue weighted by atomic mass is 16.4. The Bertz CT molecular complexity index is 323. The topological polar surface area (TPSA) is 104 Å². The highest BCUT2D eigenvalue weighted by molar-refractivity contribution is 5.77. The van der Waals surface area contributed by atoms with E-state index in [1.165, 1.54) is 12.1 Å². The van der Waals surface area contributed by atoms with E-state index in [2.05, 4.69) is 0 Å². The molecule has 0 fully saturated rings. The third-order valence-corrected chi connectivity index (χ3v) is 1.87. The minimum atomic E-state index is -2.67. The predicted molar refractivity (Wildman–Crippen MR) is 48.2 cm³/mol. The number of nitrogens with two attached hydrogens (primary N) is 1. The quantitative estimate of drug-likeness (QED) is 0.487. The molecular weight excluding hydrogens is 186 g/mol. The molecule has 0 amide bonds. The normalized spacial score (nSPS) is 17.1. The second-order valence-corrected chi connectivity index (χ2v) is 2.94. The van der Waals surface area contributed by atoms with Crippen molar-refractivity contribution in [2.45, 2.75) is 11.8 Å². The van der Waals surface area contributed by atoms with Crippen LogP contribution in [0.15, 0.2) is 30.3 Å². The number of rotatable bonds is 3. The Balaban J connectivity index is 2.96. The van der Waals surface area contributed by atoms with Gasteiger partial charge in [-0.15, -0.1) is 0 Å². The Kier molecular flexibility index (Phi) is 2.85. The third-order valence-electron chi connectivity index (χ3n) is 1.87. The van der Waals surface area contributed by atoms with Crippen molar-refractivity contribution in [2.75, 3.05) is 0 Å². The van der Waals surface area contributed by atoms with Crippen molar-refractivity contribution in [1.82, 2.24) is 0 Å². The highest BCUT2D eigenvalue weighted by Gasteiger charge is 2.40. The summed E-state index contributed by atoms with van der Waals surface area (Å²) < 4.78 is 0. The zero-order valence-corrected chi connectivity index (χ0v) is 7.29. The summed E-state index contributed by atoms with van der Waals surface area (Å²) >= 11 is 0. The molecule has 5 nitrogen and oxygen atoms in total. The summed E-state index contributed by atoms with van der Waals surface area (Å²) in [6.07, 6.45) is -1.65. The number of carboxylic acid groups (broad SMARTS) is 1. The van der Waals surface area contributed by atoms with Crippen molar-refractivity contribution in [3.63, 3.8) is 0 Å². The second kappa shape index (κ2) is 3.75. The number of hydrogen-bond acceptors (Lipinski definition) is 4. The van der Waals surface area contributed by atoms with Crippen LogP contribution in [0.25, 0.3) is 0 Å². The van der Waals surface area contributed by atoms with Crippen LogP contribution in [0.1, 0.15) is 11.7 Å². The van der Waals surface area contributed by atoms with Crippen LogP contribution in [0.5, 0.6) is 0 Å². The maximum atomic E-state index is 10.5. The Labute approximate surface area is 80.4 Å². The van der Waals surface area contributed by atoms with Gasteiger partial charge >= 0.3 is 5.97 Å². The lowest BCUT2D eigenvalue weighted by atomic mass is 10.00. The second-order valence-electron chi connectivity index (χ2n) is 2.94. The van der Waals surface area contributed by atoms with Gasteiger partial charge < -0.3 is 15.3 Å². The van der Waals surface area contributed by atoms with E-state index in [1.54, 1.807) is 18.2 Å². The first kappa shape index (κ1) is 10.6. The van der Waals surface area contributed by atoms with E-state index in [0.717, 1.165) is 0 Å². The molecule has 1 rings (SSSR count). The summed E-state index contributed by atoms with van der Waals surface area (Å²) in [6.45, 7) is 0. The fraction of sp³-hybridized carbons (Fsp3) is 0.222. The molecule has 0 bridgehead atoms.